The second-order valence-electron chi connectivity index (χ2n) is 5.50. The molecule has 0 atom stereocenters. The van der Waals surface area contributed by atoms with E-state index in [9.17, 15) is 8.42 Å². The maximum atomic E-state index is 11.2. The summed E-state index contributed by atoms with van der Waals surface area (Å²) >= 11 is 0. The first-order valence-corrected chi connectivity index (χ1v) is 8.63. The van der Waals surface area contributed by atoms with E-state index in [-0.39, 0.29) is 5.75 Å². The molecule has 0 aliphatic heterocycles. The van der Waals surface area contributed by atoms with Crippen molar-refractivity contribution in [1.29, 1.82) is 0 Å². The largest absolute Gasteiger partial charge is 0.341 e. The molecule has 0 unspecified atom stereocenters. The van der Waals surface area contributed by atoms with Gasteiger partial charge in [0.25, 0.3) is 0 Å². The molecule has 0 aliphatic carbocycles. The molecule has 110 valence electrons. The Morgan fingerprint density at radius 2 is 1.90 bits per heavy atom. The van der Waals surface area contributed by atoms with Crippen LogP contribution in [0, 0.1) is 13.8 Å². The Bertz CT molecular complexity index is 680. The monoisotopic (exact) mass is 295 g/mol. The van der Waals surface area contributed by atoms with Crippen LogP contribution in [0.15, 0.2) is 12.1 Å². The van der Waals surface area contributed by atoms with Gasteiger partial charge in [-0.05, 0) is 44.2 Å². The Kier molecular flexibility index (Phi) is 4.15. The van der Waals surface area contributed by atoms with Crippen molar-refractivity contribution in [2.24, 2.45) is 0 Å². The summed E-state index contributed by atoms with van der Waals surface area (Å²) < 4.78 is 22.3. The van der Waals surface area contributed by atoms with Crippen LogP contribution in [0.3, 0.4) is 0 Å². The first-order chi connectivity index (χ1) is 9.24. The van der Waals surface area contributed by atoms with Crippen molar-refractivity contribution in [3.8, 4) is 0 Å². The van der Waals surface area contributed by atoms with Crippen LogP contribution in [-0.2, 0) is 16.4 Å². The van der Waals surface area contributed by atoms with Gasteiger partial charge in [0, 0.05) is 12.8 Å². The van der Waals surface area contributed by atoms with Crippen LogP contribution in [0.1, 0.15) is 17.0 Å². The second-order valence-corrected chi connectivity index (χ2v) is 7.76. The van der Waals surface area contributed by atoms with Crippen molar-refractivity contribution < 1.29 is 8.42 Å². The summed E-state index contributed by atoms with van der Waals surface area (Å²) in [5.74, 6) is 1.03. The molecule has 1 heterocycles. The predicted octanol–water partition coefficient (Wildman–Crippen LogP) is 1.66. The van der Waals surface area contributed by atoms with Crippen molar-refractivity contribution in [1.82, 2.24) is 14.9 Å². The summed E-state index contributed by atoms with van der Waals surface area (Å²) in [4.78, 5) is 9.80. The normalized spacial score (nSPS) is 12.4. The fraction of sp³-hybridized carbons (Fsp3) is 0.500. The molecule has 0 saturated heterocycles. The number of aromatic amines is 1. The van der Waals surface area contributed by atoms with Crippen molar-refractivity contribution >= 4 is 20.9 Å². The number of benzene rings is 1. The van der Waals surface area contributed by atoms with Gasteiger partial charge in [-0.25, -0.2) is 13.4 Å². The molecule has 0 amide bonds. The van der Waals surface area contributed by atoms with E-state index in [1.54, 1.807) is 0 Å². The second kappa shape index (κ2) is 5.54. The highest BCUT2D eigenvalue weighted by molar-refractivity contribution is 7.90. The van der Waals surface area contributed by atoms with Gasteiger partial charge in [0.15, 0.2) is 0 Å². The number of fused-ring (bicyclic) bond motifs is 1. The minimum atomic E-state index is -2.92. The lowest BCUT2D eigenvalue weighted by Gasteiger charge is -2.13. The number of aryl methyl sites for hydroxylation is 2. The molecule has 1 aromatic carbocycles. The Balaban J connectivity index is 2.10. The van der Waals surface area contributed by atoms with Crippen molar-refractivity contribution in [3.63, 3.8) is 0 Å². The number of hydrogen-bond acceptors (Lipinski definition) is 4. The van der Waals surface area contributed by atoms with Gasteiger partial charge in [-0.1, -0.05) is 0 Å². The molecule has 0 aliphatic rings. The molecular weight excluding hydrogens is 274 g/mol. The van der Waals surface area contributed by atoms with Gasteiger partial charge in [0.2, 0.25) is 0 Å². The quantitative estimate of drug-likeness (QED) is 0.911. The number of hydrogen-bond donors (Lipinski definition) is 1. The Morgan fingerprint density at radius 3 is 2.55 bits per heavy atom. The predicted molar refractivity (Wildman–Crippen MR) is 81.6 cm³/mol. The van der Waals surface area contributed by atoms with E-state index in [0.717, 1.165) is 16.9 Å². The maximum Gasteiger partial charge on any atom is 0.148 e. The first-order valence-electron chi connectivity index (χ1n) is 6.57. The first kappa shape index (κ1) is 15.0. The smallest absolute Gasteiger partial charge is 0.148 e. The van der Waals surface area contributed by atoms with Crippen LogP contribution in [-0.4, -0.2) is 48.9 Å². The average Bonchev–Trinajstić information content (AvgIpc) is 2.67. The third-order valence-electron chi connectivity index (χ3n) is 3.41. The van der Waals surface area contributed by atoms with E-state index in [0.29, 0.717) is 13.1 Å². The molecule has 0 bridgehead atoms. The summed E-state index contributed by atoms with van der Waals surface area (Å²) in [5, 5.41) is 0. The molecule has 20 heavy (non-hydrogen) atoms. The van der Waals surface area contributed by atoms with Gasteiger partial charge >= 0.3 is 0 Å². The Hall–Kier alpha value is -1.40. The fourth-order valence-corrected chi connectivity index (χ4v) is 2.70. The molecule has 0 spiro atoms. The molecule has 1 aromatic heterocycles. The number of nitrogens with zero attached hydrogens (tertiary/aromatic N) is 2. The highest BCUT2D eigenvalue weighted by Gasteiger charge is 2.09. The minimum absolute atomic E-state index is 0.169. The minimum Gasteiger partial charge on any atom is -0.341 e. The van der Waals surface area contributed by atoms with Crippen molar-refractivity contribution in [2.45, 2.75) is 20.4 Å². The van der Waals surface area contributed by atoms with Crippen LogP contribution in [0.25, 0.3) is 11.0 Å². The van der Waals surface area contributed by atoms with Crippen LogP contribution in [0.2, 0.25) is 0 Å². The average molecular weight is 295 g/mol. The van der Waals surface area contributed by atoms with Gasteiger partial charge in [0.05, 0.1) is 23.3 Å². The number of rotatable bonds is 5. The summed E-state index contributed by atoms with van der Waals surface area (Å²) in [6.07, 6.45) is 1.26. The van der Waals surface area contributed by atoms with Crippen LogP contribution in [0.5, 0.6) is 0 Å². The van der Waals surface area contributed by atoms with Crippen molar-refractivity contribution in [3.05, 3.63) is 29.1 Å². The Morgan fingerprint density at radius 1 is 1.25 bits per heavy atom. The number of nitrogens with one attached hydrogen (secondary N) is 1. The van der Waals surface area contributed by atoms with Crippen LogP contribution < -0.4 is 0 Å². The third kappa shape index (κ3) is 3.80. The number of imidazole rings is 1. The Labute approximate surface area is 119 Å². The molecule has 6 heteroatoms. The third-order valence-corrected chi connectivity index (χ3v) is 4.33. The number of sulfone groups is 1. The maximum absolute atomic E-state index is 11.2. The van der Waals surface area contributed by atoms with Gasteiger partial charge in [-0.3, -0.25) is 4.90 Å². The SMILES string of the molecule is Cc1cc2nc(CN(C)CCS(C)(=O)=O)[nH]c2cc1C. The molecule has 0 radical (unpaired) electrons. The van der Waals surface area contributed by atoms with Crippen molar-refractivity contribution in [2.75, 3.05) is 25.6 Å². The summed E-state index contributed by atoms with van der Waals surface area (Å²) in [6.45, 7) is 5.27. The molecular formula is C14H21N3O2S. The lowest BCUT2D eigenvalue weighted by atomic mass is 10.1. The highest BCUT2D eigenvalue weighted by Crippen LogP contribution is 2.17. The fourth-order valence-electron chi connectivity index (χ4n) is 2.05. The molecule has 0 fully saturated rings. The van der Waals surface area contributed by atoms with E-state index >= 15 is 0 Å². The van der Waals surface area contributed by atoms with E-state index in [4.69, 9.17) is 0 Å². The summed E-state index contributed by atoms with van der Waals surface area (Å²) in [5.41, 5.74) is 4.44. The standard InChI is InChI=1S/C14H21N3O2S/c1-10-7-12-13(8-11(10)2)16-14(15-12)9-17(3)5-6-20(4,18)19/h7-8H,5-6,9H2,1-4H3,(H,15,16). The molecule has 5 nitrogen and oxygen atoms in total. The topological polar surface area (TPSA) is 66.1 Å². The highest BCUT2D eigenvalue weighted by atomic mass is 32.2. The zero-order chi connectivity index (χ0) is 14.9. The van der Waals surface area contributed by atoms with Gasteiger partial charge in [-0.2, -0.15) is 0 Å². The lowest BCUT2D eigenvalue weighted by Crippen LogP contribution is -2.25. The molecule has 2 aromatic rings. The van der Waals surface area contributed by atoms with Crippen LogP contribution in [0.4, 0.5) is 0 Å². The van der Waals surface area contributed by atoms with Gasteiger partial charge < -0.3 is 4.98 Å². The summed E-state index contributed by atoms with van der Waals surface area (Å²) in [7, 11) is -1.02. The van der Waals surface area contributed by atoms with E-state index < -0.39 is 9.84 Å². The number of H-pyrrole nitrogens is 1. The molecule has 0 saturated carbocycles. The zero-order valence-corrected chi connectivity index (χ0v) is 13.2. The van der Waals surface area contributed by atoms with E-state index in [2.05, 4.69) is 35.9 Å². The van der Waals surface area contributed by atoms with E-state index in [1.807, 2.05) is 11.9 Å². The molecule has 1 N–H and O–H groups in total. The summed E-state index contributed by atoms with van der Waals surface area (Å²) in [6, 6.07) is 4.17. The van der Waals surface area contributed by atoms with Gasteiger partial charge in [0.1, 0.15) is 15.7 Å². The van der Waals surface area contributed by atoms with Crippen LogP contribution >= 0.6 is 0 Å². The molecule has 2 rings (SSSR count). The van der Waals surface area contributed by atoms with E-state index in [1.165, 1.54) is 17.4 Å². The van der Waals surface area contributed by atoms with Gasteiger partial charge in [-0.15, -0.1) is 0 Å². The lowest BCUT2D eigenvalue weighted by molar-refractivity contribution is 0.338. The number of aromatic nitrogens is 2. The zero-order valence-electron chi connectivity index (χ0n) is 12.4.